The van der Waals surface area contributed by atoms with Crippen molar-refractivity contribution in [3.05, 3.63) is 36.5 Å². The summed E-state index contributed by atoms with van der Waals surface area (Å²) in [5, 5.41) is 23.9. The Labute approximate surface area is 404 Å². The predicted octanol–water partition coefficient (Wildman–Crippen LogP) is 17.6. The summed E-state index contributed by atoms with van der Waals surface area (Å²) < 4.78 is 5.96. The van der Waals surface area contributed by atoms with E-state index >= 15 is 0 Å². The summed E-state index contributed by atoms with van der Waals surface area (Å²) in [6.07, 6.45) is 63.5. The number of carbonyl (C=O) groups excluding carboxylic acids is 2. The van der Waals surface area contributed by atoms with Crippen molar-refractivity contribution in [2.45, 2.75) is 322 Å². The molecule has 0 saturated heterocycles. The van der Waals surface area contributed by atoms with Crippen LogP contribution in [0.15, 0.2) is 36.5 Å². The maximum atomic E-state index is 13.3. The molecule has 3 unspecified atom stereocenters. The number of unbranched alkanes of at least 4 members (excludes halogenated alkanes) is 34. The van der Waals surface area contributed by atoms with E-state index in [2.05, 4.69) is 62.5 Å². The van der Waals surface area contributed by atoms with Gasteiger partial charge in [0, 0.05) is 6.42 Å². The highest BCUT2D eigenvalue weighted by atomic mass is 16.5. The second kappa shape index (κ2) is 53.0. The van der Waals surface area contributed by atoms with Gasteiger partial charge in [-0.05, 0) is 57.8 Å². The Bertz CT molecular complexity index is 1070. The third-order valence-electron chi connectivity index (χ3n) is 13.2. The molecule has 6 heteroatoms. The van der Waals surface area contributed by atoms with Gasteiger partial charge in [0.25, 0.3) is 0 Å². The van der Waals surface area contributed by atoms with Crippen molar-refractivity contribution >= 4 is 11.9 Å². The van der Waals surface area contributed by atoms with E-state index in [4.69, 9.17) is 4.74 Å². The largest absolute Gasteiger partial charge is 0.462 e. The molecule has 382 valence electrons. The molecule has 0 heterocycles. The zero-order valence-corrected chi connectivity index (χ0v) is 43.6. The first-order valence-corrected chi connectivity index (χ1v) is 28.7. The van der Waals surface area contributed by atoms with Crippen molar-refractivity contribution in [2.75, 3.05) is 6.61 Å². The Morgan fingerprint density at radius 1 is 0.462 bits per heavy atom. The summed E-state index contributed by atoms with van der Waals surface area (Å²) in [5.74, 6) is -0.471. The van der Waals surface area contributed by atoms with Gasteiger partial charge in [0.2, 0.25) is 5.91 Å². The Hall–Kier alpha value is -1.92. The Balaban J connectivity index is 4.55. The number of ether oxygens (including phenoxy) is 1. The van der Waals surface area contributed by atoms with Gasteiger partial charge < -0.3 is 20.3 Å². The highest BCUT2D eigenvalue weighted by Crippen LogP contribution is 2.19. The van der Waals surface area contributed by atoms with Crippen molar-refractivity contribution in [2.24, 2.45) is 0 Å². The molecule has 6 nitrogen and oxygen atoms in total. The summed E-state index contributed by atoms with van der Waals surface area (Å²) in [6.45, 7) is 6.41. The Morgan fingerprint density at radius 2 is 0.831 bits per heavy atom. The van der Waals surface area contributed by atoms with Crippen molar-refractivity contribution in [3.8, 4) is 0 Å². The lowest BCUT2D eigenvalue weighted by Gasteiger charge is -2.24. The highest BCUT2D eigenvalue weighted by Gasteiger charge is 2.24. The van der Waals surface area contributed by atoms with Crippen LogP contribution in [0.25, 0.3) is 0 Å². The molecule has 0 bridgehead atoms. The molecule has 0 fully saturated rings. The molecule has 0 aliphatic rings. The quantitative estimate of drug-likeness (QED) is 0.0321. The Kier molecular flexibility index (Phi) is 51.5. The lowest BCUT2D eigenvalue weighted by molar-refractivity contribution is -0.151. The van der Waals surface area contributed by atoms with E-state index in [1.54, 1.807) is 0 Å². The highest BCUT2D eigenvalue weighted by molar-refractivity contribution is 5.77. The standard InChI is InChI=1S/C59H111NO5/c1-4-7-10-13-16-19-22-25-28-30-32-35-38-41-44-47-50-55(65-59(64)52-49-46-43-40-37-34-31-29-26-23-20-17-14-11-8-5-2)53-58(63)60-56(54-61)57(62)51-48-45-42-39-36-33-27-24-21-18-15-12-9-6-3/h8,11,17,20,26,29,55-57,61-62H,4-7,9-10,12-16,18-19,21-25,27-28,30-54H2,1-3H3,(H,60,63)/b11-8+,20-17+,29-26+. The molecule has 0 aromatic carbocycles. The number of allylic oxidation sites excluding steroid dienone is 6. The van der Waals surface area contributed by atoms with Crippen LogP contribution in [-0.4, -0.2) is 46.9 Å². The minimum absolute atomic E-state index is 0.0770. The van der Waals surface area contributed by atoms with Gasteiger partial charge in [-0.3, -0.25) is 9.59 Å². The molecule has 0 aromatic rings. The molecule has 0 aliphatic carbocycles. The molecular formula is C59H111NO5. The number of rotatable bonds is 52. The first kappa shape index (κ1) is 63.1. The van der Waals surface area contributed by atoms with Gasteiger partial charge in [0.1, 0.15) is 6.10 Å². The molecule has 0 spiro atoms. The summed E-state index contributed by atoms with van der Waals surface area (Å²) in [4.78, 5) is 26.3. The van der Waals surface area contributed by atoms with E-state index < -0.39 is 18.2 Å². The van der Waals surface area contributed by atoms with Crippen molar-refractivity contribution < 1.29 is 24.5 Å². The van der Waals surface area contributed by atoms with Crippen LogP contribution in [0.1, 0.15) is 303 Å². The van der Waals surface area contributed by atoms with Crippen LogP contribution in [0, 0.1) is 0 Å². The molecule has 3 N–H and O–H groups in total. The van der Waals surface area contributed by atoms with Gasteiger partial charge >= 0.3 is 5.97 Å². The monoisotopic (exact) mass is 914 g/mol. The first-order chi connectivity index (χ1) is 32.0. The molecule has 0 radical (unpaired) electrons. The minimum atomic E-state index is -0.788. The van der Waals surface area contributed by atoms with Crippen LogP contribution in [-0.2, 0) is 14.3 Å². The maximum Gasteiger partial charge on any atom is 0.306 e. The van der Waals surface area contributed by atoms with Gasteiger partial charge in [-0.2, -0.15) is 0 Å². The molecule has 0 saturated carbocycles. The van der Waals surface area contributed by atoms with E-state index in [0.29, 0.717) is 19.3 Å². The molecule has 0 aliphatic heterocycles. The van der Waals surface area contributed by atoms with Crippen molar-refractivity contribution in [3.63, 3.8) is 0 Å². The van der Waals surface area contributed by atoms with Gasteiger partial charge in [0.05, 0.1) is 25.2 Å². The predicted molar refractivity (Wildman–Crippen MR) is 282 cm³/mol. The van der Waals surface area contributed by atoms with Gasteiger partial charge in [-0.1, -0.05) is 269 Å². The number of hydrogen-bond acceptors (Lipinski definition) is 5. The topological polar surface area (TPSA) is 95.9 Å². The zero-order valence-electron chi connectivity index (χ0n) is 43.6. The van der Waals surface area contributed by atoms with Crippen molar-refractivity contribution in [1.29, 1.82) is 0 Å². The van der Waals surface area contributed by atoms with Crippen LogP contribution < -0.4 is 5.32 Å². The van der Waals surface area contributed by atoms with Crippen LogP contribution in [0.5, 0.6) is 0 Å². The van der Waals surface area contributed by atoms with Crippen molar-refractivity contribution in [1.82, 2.24) is 5.32 Å². The van der Waals surface area contributed by atoms with Crippen LogP contribution in [0.3, 0.4) is 0 Å². The normalized spacial score (nSPS) is 13.4. The molecule has 0 rings (SSSR count). The third-order valence-corrected chi connectivity index (χ3v) is 13.2. The lowest BCUT2D eigenvalue weighted by atomic mass is 10.0. The number of carbonyl (C=O) groups is 2. The van der Waals surface area contributed by atoms with Crippen LogP contribution in [0.2, 0.25) is 0 Å². The summed E-state index contributed by atoms with van der Waals surface area (Å²) in [5.41, 5.74) is 0. The SMILES string of the molecule is CC/C=C/C/C=C/C/C=C/CCCCCCCCC(=O)OC(CCCCCCCCCCCCCCCCCC)CC(=O)NC(CO)C(O)CCCCCCCCCCCCCCCC. The Morgan fingerprint density at radius 3 is 1.26 bits per heavy atom. The average molecular weight is 915 g/mol. The summed E-state index contributed by atoms with van der Waals surface area (Å²) in [6, 6.07) is -0.701. The van der Waals surface area contributed by atoms with Gasteiger partial charge in [0.15, 0.2) is 0 Å². The smallest absolute Gasteiger partial charge is 0.306 e. The average Bonchev–Trinajstić information content (AvgIpc) is 3.30. The molecule has 3 atom stereocenters. The van der Waals surface area contributed by atoms with E-state index in [1.165, 1.54) is 186 Å². The van der Waals surface area contributed by atoms with Crippen LogP contribution >= 0.6 is 0 Å². The molecule has 1 amide bonds. The molecular weight excluding hydrogens is 803 g/mol. The van der Waals surface area contributed by atoms with E-state index in [9.17, 15) is 19.8 Å². The van der Waals surface area contributed by atoms with E-state index in [-0.39, 0.29) is 24.9 Å². The molecule has 65 heavy (non-hydrogen) atoms. The number of esters is 1. The number of nitrogens with one attached hydrogen (secondary N) is 1. The maximum absolute atomic E-state index is 13.3. The zero-order chi connectivity index (χ0) is 47.4. The van der Waals surface area contributed by atoms with Crippen LogP contribution in [0.4, 0.5) is 0 Å². The fraction of sp³-hybridized carbons (Fsp3) is 0.864. The minimum Gasteiger partial charge on any atom is -0.462 e. The number of hydrogen-bond donors (Lipinski definition) is 3. The second-order valence-corrected chi connectivity index (χ2v) is 19.7. The lowest BCUT2D eigenvalue weighted by Crippen LogP contribution is -2.46. The number of aliphatic hydroxyl groups is 2. The fourth-order valence-electron chi connectivity index (χ4n) is 8.92. The fourth-order valence-corrected chi connectivity index (χ4v) is 8.92. The summed E-state index contributed by atoms with van der Waals surface area (Å²) >= 11 is 0. The van der Waals surface area contributed by atoms with Gasteiger partial charge in [-0.25, -0.2) is 0 Å². The number of aliphatic hydroxyl groups excluding tert-OH is 2. The van der Waals surface area contributed by atoms with E-state index in [1.807, 2.05) is 0 Å². The number of amides is 1. The third kappa shape index (κ3) is 48.3. The summed E-state index contributed by atoms with van der Waals surface area (Å²) in [7, 11) is 0. The molecule has 0 aromatic heterocycles. The van der Waals surface area contributed by atoms with E-state index in [0.717, 1.165) is 70.6 Å². The van der Waals surface area contributed by atoms with Gasteiger partial charge in [-0.15, -0.1) is 0 Å². The first-order valence-electron chi connectivity index (χ1n) is 28.7. The second-order valence-electron chi connectivity index (χ2n) is 19.7.